The van der Waals surface area contributed by atoms with E-state index in [9.17, 15) is 10.5 Å². The smallest absolute Gasteiger partial charge is 0.176 e. The first kappa shape index (κ1) is 25.2. The minimum Gasteiger partial charge on any atom is -0.242 e. The summed E-state index contributed by atoms with van der Waals surface area (Å²) in [5.41, 5.74) is 5.03. The molecule has 0 fully saturated rings. The summed E-state index contributed by atoms with van der Waals surface area (Å²) < 4.78 is 0. The highest BCUT2D eigenvalue weighted by Crippen LogP contribution is 2.10. The molecular formula is C34H20N4. The zero-order valence-corrected chi connectivity index (χ0v) is 20.3. The van der Waals surface area contributed by atoms with Gasteiger partial charge in [-0.15, -0.1) is 0 Å². The van der Waals surface area contributed by atoms with Crippen LogP contribution in [0.4, 0.5) is 0 Å². The van der Waals surface area contributed by atoms with Gasteiger partial charge in [0.2, 0.25) is 0 Å². The van der Waals surface area contributed by atoms with E-state index in [-0.39, 0.29) is 11.4 Å². The van der Waals surface area contributed by atoms with Crippen LogP contribution in [0, 0.1) is 46.3 Å². The summed E-state index contributed by atoms with van der Waals surface area (Å²) in [5, 5.41) is 19.1. The van der Waals surface area contributed by atoms with Crippen molar-refractivity contribution in [2.45, 2.75) is 0 Å². The highest BCUT2D eigenvalue weighted by molar-refractivity contribution is 5.82. The predicted octanol–water partition coefficient (Wildman–Crippen LogP) is 6.28. The number of nitrogens with zero attached hydrogens (tertiary/aromatic N) is 4. The van der Waals surface area contributed by atoms with Crippen molar-refractivity contribution < 1.29 is 0 Å². The molecule has 0 radical (unpaired) electrons. The number of hydrogen-bond donors (Lipinski definition) is 0. The van der Waals surface area contributed by atoms with Crippen molar-refractivity contribution in [3.8, 4) is 35.8 Å². The Morgan fingerprint density at radius 3 is 1.08 bits per heavy atom. The van der Waals surface area contributed by atoms with Gasteiger partial charge in [-0.2, -0.15) is 10.5 Å². The summed E-state index contributed by atoms with van der Waals surface area (Å²) in [6.45, 7) is 0. The Morgan fingerprint density at radius 2 is 0.763 bits per heavy atom. The fraction of sp³-hybridized carbons (Fsp3) is 0. The van der Waals surface area contributed by atoms with Crippen molar-refractivity contribution in [3.63, 3.8) is 0 Å². The largest absolute Gasteiger partial charge is 0.242 e. The minimum absolute atomic E-state index is 0.0676. The summed E-state index contributed by atoms with van der Waals surface area (Å²) in [7, 11) is 0. The molecule has 4 aromatic carbocycles. The van der Waals surface area contributed by atoms with E-state index in [2.05, 4.69) is 33.7 Å². The Balaban J connectivity index is 1.43. The zero-order chi connectivity index (χ0) is 26.4. The molecule has 0 bridgehead atoms. The summed E-state index contributed by atoms with van der Waals surface area (Å²) in [6, 6.07) is 38.3. The first-order chi connectivity index (χ1) is 18.7. The Bertz CT molecular complexity index is 1560. The number of aliphatic imine (C=N–C) groups is 2. The van der Waals surface area contributed by atoms with Gasteiger partial charge in [0.25, 0.3) is 0 Å². The van der Waals surface area contributed by atoms with Crippen LogP contribution in [0.1, 0.15) is 33.4 Å². The summed E-state index contributed by atoms with van der Waals surface area (Å²) in [5.74, 6) is 12.5. The standard InChI is InChI=1S/C34H20N4/c35-23-33(37-25-31-19-15-29(16-20-31)13-11-27-7-3-1-4-8-27)34(24-36)38-26-32-21-17-30(18-22-32)14-12-28-9-5-2-6-10-28/h1-10,15-22,25-26H. The third-order valence-electron chi connectivity index (χ3n) is 5.19. The van der Waals surface area contributed by atoms with Crippen molar-refractivity contribution in [2.24, 2.45) is 9.98 Å². The summed E-state index contributed by atoms with van der Waals surface area (Å²) in [6.07, 6.45) is 3.06. The third-order valence-corrected chi connectivity index (χ3v) is 5.19. The minimum atomic E-state index is -0.0676. The lowest BCUT2D eigenvalue weighted by atomic mass is 10.1. The lowest BCUT2D eigenvalue weighted by Crippen LogP contribution is -1.88. The van der Waals surface area contributed by atoms with E-state index in [1.165, 1.54) is 12.4 Å². The van der Waals surface area contributed by atoms with Gasteiger partial charge in [-0.1, -0.05) is 84.3 Å². The monoisotopic (exact) mass is 484 g/mol. The summed E-state index contributed by atoms with van der Waals surface area (Å²) in [4.78, 5) is 8.38. The van der Waals surface area contributed by atoms with Crippen LogP contribution in [0.15, 0.2) is 131 Å². The second-order valence-corrected chi connectivity index (χ2v) is 7.91. The average Bonchev–Trinajstić information content (AvgIpc) is 2.99. The molecular weight excluding hydrogens is 464 g/mol. The molecule has 0 aromatic heterocycles. The predicted molar refractivity (Wildman–Crippen MR) is 151 cm³/mol. The van der Waals surface area contributed by atoms with Gasteiger partial charge in [0.1, 0.15) is 12.1 Å². The fourth-order valence-corrected chi connectivity index (χ4v) is 3.20. The Hall–Kier alpha value is -5.94. The molecule has 0 spiro atoms. The van der Waals surface area contributed by atoms with Crippen LogP contribution < -0.4 is 0 Å². The third kappa shape index (κ3) is 7.53. The van der Waals surface area contributed by atoms with Gasteiger partial charge in [-0.25, -0.2) is 9.98 Å². The maximum absolute atomic E-state index is 9.53. The highest BCUT2D eigenvalue weighted by Gasteiger charge is 2.03. The van der Waals surface area contributed by atoms with Gasteiger partial charge >= 0.3 is 0 Å². The highest BCUT2D eigenvalue weighted by atomic mass is 14.8. The Kier molecular flexibility index (Phi) is 8.76. The number of nitriles is 2. The number of allylic oxidation sites excluding steroid dienone is 2. The molecule has 0 aliphatic rings. The zero-order valence-electron chi connectivity index (χ0n) is 20.3. The van der Waals surface area contributed by atoms with E-state index in [1.54, 1.807) is 0 Å². The molecule has 4 aromatic rings. The second kappa shape index (κ2) is 13.2. The molecule has 4 nitrogen and oxygen atoms in total. The van der Waals surface area contributed by atoms with Crippen molar-refractivity contribution in [2.75, 3.05) is 0 Å². The quantitative estimate of drug-likeness (QED) is 0.194. The van der Waals surface area contributed by atoms with Crippen molar-refractivity contribution in [3.05, 3.63) is 154 Å². The first-order valence-corrected chi connectivity index (χ1v) is 11.7. The van der Waals surface area contributed by atoms with Gasteiger partial charge in [0.05, 0.1) is 0 Å². The van der Waals surface area contributed by atoms with Crippen molar-refractivity contribution in [1.82, 2.24) is 0 Å². The van der Waals surface area contributed by atoms with E-state index in [0.29, 0.717) is 0 Å². The molecule has 0 heterocycles. The van der Waals surface area contributed by atoms with Gasteiger partial charge < -0.3 is 0 Å². The van der Waals surface area contributed by atoms with Crippen LogP contribution in [0.3, 0.4) is 0 Å². The van der Waals surface area contributed by atoms with Crippen LogP contribution in [-0.4, -0.2) is 12.4 Å². The van der Waals surface area contributed by atoms with E-state index >= 15 is 0 Å². The molecule has 0 amide bonds. The lowest BCUT2D eigenvalue weighted by molar-refractivity contribution is 1.27. The summed E-state index contributed by atoms with van der Waals surface area (Å²) >= 11 is 0. The maximum Gasteiger partial charge on any atom is 0.176 e. The van der Waals surface area contributed by atoms with Gasteiger partial charge in [0, 0.05) is 34.7 Å². The Morgan fingerprint density at radius 1 is 0.447 bits per heavy atom. The average molecular weight is 485 g/mol. The molecule has 0 unspecified atom stereocenters. The van der Waals surface area contributed by atoms with E-state index in [0.717, 1.165) is 33.4 Å². The molecule has 176 valence electrons. The molecule has 4 heteroatoms. The van der Waals surface area contributed by atoms with Crippen LogP contribution in [0.2, 0.25) is 0 Å². The number of benzene rings is 4. The SMILES string of the molecule is N#CC(N=Cc1ccc(C#Cc2ccccc2)cc1)=C(C#N)N=Cc1ccc(C#Cc2ccccc2)cc1. The van der Waals surface area contributed by atoms with Crippen LogP contribution >= 0.6 is 0 Å². The topological polar surface area (TPSA) is 72.3 Å². The van der Waals surface area contributed by atoms with E-state index in [4.69, 9.17) is 0 Å². The Labute approximate surface area is 222 Å². The van der Waals surface area contributed by atoms with Crippen LogP contribution in [-0.2, 0) is 0 Å². The van der Waals surface area contributed by atoms with Gasteiger partial charge in [-0.05, 0) is 59.7 Å². The second-order valence-electron chi connectivity index (χ2n) is 7.91. The lowest BCUT2D eigenvalue weighted by Gasteiger charge is -1.96. The van der Waals surface area contributed by atoms with Crippen molar-refractivity contribution >= 4 is 12.4 Å². The number of hydrogen-bond acceptors (Lipinski definition) is 4. The van der Waals surface area contributed by atoms with Gasteiger partial charge in [-0.3, -0.25) is 0 Å². The van der Waals surface area contributed by atoms with E-state index in [1.807, 2.05) is 121 Å². The van der Waals surface area contributed by atoms with Gasteiger partial charge in [0.15, 0.2) is 11.4 Å². The number of rotatable bonds is 4. The molecule has 0 saturated heterocycles. The normalized spacial score (nSPS) is 10.9. The molecule has 0 saturated carbocycles. The first-order valence-electron chi connectivity index (χ1n) is 11.7. The maximum atomic E-state index is 9.53. The molecule has 0 atom stereocenters. The van der Waals surface area contributed by atoms with Crippen molar-refractivity contribution in [1.29, 1.82) is 10.5 Å². The van der Waals surface area contributed by atoms with E-state index < -0.39 is 0 Å². The fourth-order valence-electron chi connectivity index (χ4n) is 3.20. The van der Waals surface area contributed by atoms with Crippen LogP contribution in [0.25, 0.3) is 0 Å². The molecule has 4 rings (SSSR count). The molecule has 0 aliphatic carbocycles. The van der Waals surface area contributed by atoms with Crippen LogP contribution in [0.5, 0.6) is 0 Å². The molecule has 38 heavy (non-hydrogen) atoms. The molecule has 0 aliphatic heterocycles. The molecule has 0 N–H and O–H groups in total.